The van der Waals surface area contributed by atoms with Crippen LogP contribution in [0.4, 0.5) is 0 Å². The molecule has 0 aliphatic carbocycles. The molecular formula is C69H131NO5. The number of carbonyl (C=O) groups excluding carboxylic acids is 2. The van der Waals surface area contributed by atoms with Gasteiger partial charge in [0.1, 0.15) is 0 Å². The van der Waals surface area contributed by atoms with Crippen molar-refractivity contribution in [3.05, 3.63) is 36.5 Å². The smallest absolute Gasteiger partial charge is 0.305 e. The van der Waals surface area contributed by atoms with Gasteiger partial charge in [-0.2, -0.15) is 0 Å². The summed E-state index contributed by atoms with van der Waals surface area (Å²) in [7, 11) is 0. The minimum absolute atomic E-state index is 0.00590. The van der Waals surface area contributed by atoms with E-state index in [0.29, 0.717) is 25.9 Å². The van der Waals surface area contributed by atoms with E-state index >= 15 is 0 Å². The summed E-state index contributed by atoms with van der Waals surface area (Å²) in [5.74, 6) is -0.0453. The number of carbonyl (C=O) groups is 2. The van der Waals surface area contributed by atoms with Crippen molar-refractivity contribution in [3.63, 3.8) is 0 Å². The Bertz CT molecular complexity index is 1210. The zero-order valence-electron chi connectivity index (χ0n) is 50.5. The highest BCUT2D eigenvalue weighted by Crippen LogP contribution is 2.18. The molecule has 0 aromatic heterocycles. The predicted octanol–water partition coefficient (Wildman–Crippen LogP) is 21.5. The topological polar surface area (TPSA) is 95.9 Å². The number of hydrogen-bond donors (Lipinski definition) is 3. The largest absolute Gasteiger partial charge is 0.466 e. The lowest BCUT2D eigenvalue weighted by Crippen LogP contribution is -2.45. The van der Waals surface area contributed by atoms with Crippen molar-refractivity contribution in [1.82, 2.24) is 5.32 Å². The van der Waals surface area contributed by atoms with Crippen LogP contribution in [0.2, 0.25) is 0 Å². The summed E-state index contributed by atoms with van der Waals surface area (Å²) < 4.78 is 5.47. The van der Waals surface area contributed by atoms with Gasteiger partial charge in [-0.05, 0) is 77.0 Å². The third-order valence-corrected chi connectivity index (χ3v) is 15.7. The van der Waals surface area contributed by atoms with Crippen LogP contribution in [0.5, 0.6) is 0 Å². The maximum absolute atomic E-state index is 12.5. The van der Waals surface area contributed by atoms with Crippen molar-refractivity contribution in [2.75, 3.05) is 13.2 Å². The fourth-order valence-electron chi connectivity index (χ4n) is 10.5. The van der Waals surface area contributed by atoms with E-state index in [-0.39, 0.29) is 18.5 Å². The van der Waals surface area contributed by atoms with Crippen LogP contribution >= 0.6 is 0 Å². The number of aliphatic hydroxyl groups excluding tert-OH is 2. The Hall–Kier alpha value is -1.92. The second-order valence-corrected chi connectivity index (χ2v) is 23.1. The van der Waals surface area contributed by atoms with Crippen molar-refractivity contribution in [3.8, 4) is 0 Å². The van der Waals surface area contributed by atoms with Gasteiger partial charge in [0.2, 0.25) is 5.91 Å². The second-order valence-electron chi connectivity index (χ2n) is 23.1. The van der Waals surface area contributed by atoms with Crippen molar-refractivity contribution in [2.24, 2.45) is 0 Å². The number of aliphatic hydroxyl groups is 2. The van der Waals surface area contributed by atoms with E-state index < -0.39 is 12.1 Å². The lowest BCUT2D eigenvalue weighted by Gasteiger charge is -2.22. The Labute approximate surface area is 468 Å². The molecule has 2 unspecified atom stereocenters. The van der Waals surface area contributed by atoms with Crippen LogP contribution in [-0.4, -0.2) is 47.4 Å². The summed E-state index contributed by atoms with van der Waals surface area (Å²) in [5, 5.41) is 23.4. The summed E-state index contributed by atoms with van der Waals surface area (Å²) >= 11 is 0. The lowest BCUT2D eigenvalue weighted by atomic mass is 10.0. The Morgan fingerprint density at radius 1 is 0.373 bits per heavy atom. The zero-order chi connectivity index (χ0) is 54.3. The number of unbranched alkanes of at least 4 members (excludes halogenated alkanes) is 46. The highest BCUT2D eigenvalue weighted by atomic mass is 16.5. The second kappa shape index (κ2) is 64.6. The summed E-state index contributed by atoms with van der Waals surface area (Å²) in [4.78, 5) is 24.6. The molecule has 0 fully saturated rings. The van der Waals surface area contributed by atoms with Gasteiger partial charge in [0.05, 0.1) is 25.4 Å². The first kappa shape index (κ1) is 73.1. The highest BCUT2D eigenvalue weighted by Gasteiger charge is 2.20. The van der Waals surface area contributed by atoms with Gasteiger partial charge in [-0.25, -0.2) is 0 Å². The summed E-state index contributed by atoms with van der Waals surface area (Å²) in [6.07, 6.45) is 81.7. The molecule has 1 amide bonds. The van der Waals surface area contributed by atoms with Crippen LogP contribution in [0.15, 0.2) is 36.5 Å². The molecule has 0 bridgehead atoms. The zero-order valence-corrected chi connectivity index (χ0v) is 50.5. The van der Waals surface area contributed by atoms with E-state index in [9.17, 15) is 19.8 Å². The SMILES string of the molecule is CCCC/C=C\C/C=C\CCCCCCCC(=O)OCCCCCCCCCCCC/C=C\CCCCCCCCCC(=O)NC(CO)C(O)CCCCCCCCCCCCCCCCCCCCCCCCC. The van der Waals surface area contributed by atoms with E-state index in [0.717, 1.165) is 51.4 Å². The third kappa shape index (κ3) is 61.2. The summed E-state index contributed by atoms with van der Waals surface area (Å²) in [6.45, 7) is 4.93. The molecule has 0 aromatic carbocycles. The molecule has 2 atom stereocenters. The average molecular weight is 1050 g/mol. The van der Waals surface area contributed by atoms with Gasteiger partial charge in [-0.15, -0.1) is 0 Å². The predicted molar refractivity (Wildman–Crippen MR) is 329 cm³/mol. The molecule has 0 radical (unpaired) electrons. The third-order valence-electron chi connectivity index (χ3n) is 15.7. The number of rotatable bonds is 63. The van der Waals surface area contributed by atoms with Gasteiger partial charge >= 0.3 is 5.97 Å². The maximum Gasteiger partial charge on any atom is 0.305 e. The van der Waals surface area contributed by atoms with E-state index in [1.807, 2.05) is 0 Å². The Morgan fingerprint density at radius 3 is 1.07 bits per heavy atom. The molecule has 0 aliphatic rings. The van der Waals surface area contributed by atoms with Crippen molar-refractivity contribution in [1.29, 1.82) is 0 Å². The Kier molecular flexibility index (Phi) is 63.0. The molecule has 0 aliphatic heterocycles. The first-order chi connectivity index (χ1) is 37.0. The Morgan fingerprint density at radius 2 is 0.680 bits per heavy atom. The summed E-state index contributed by atoms with van der Waals surface area (Å²) in [6, 6.07) is -0.549. The van der Waals surface area contributed by atoms with Gasteiger partial charge in [-0.1, -0.05) is 314 Å². The van der Waals surface area contributed by atoms with Crippen LogP contribution in [-0.2, 0) is 14.3 Å². The molecule has 6 heteroatoms. The lowest BCUT2D eigenvalue weighted by molar-refractivity contribution is -0.143. The fraction of sp³-hybridized carbons (Fsp3) is 0.884. The number of esters is 1. The van der Waals surface area contributed by atoms with Crippen LogP contribution < -0.4 is 5.32 Å². The van der Waals surface area contributed by atoms with Crippen LogP contribution in [0, 0.1) is 0 Å². The monoisotopic (exact) mass is 1050 g/mol. The van der Waals surface area contributed by atoms with Crippen molar-refractivity contribution < 1.29 is 24.5 Å². The molecule has 6 nitrogen and oxygen atoms in total. The van der Waals surface area contributed by atoms with Crippen molar-refractivity contribution in [2.45, 2.75) is 379 Å². The minimum Gasteiger partial charge on any atom is -0.466 e. The van der Waals surface area contributed by atoms with Crippen LogP contribution in [0.25, 0.3) is 0 Å². The quantitative estimate of drug-likeness (QED) is 0.0320. The normalized spacial score (nSPS) is 12.7. The number of allylic oxidation sites excluding steroid dienone is 6. The van der Waals surface area contributed by atoms with Gasteiger partial charge in [-0.3, -0.25) is 9.59 Å². The van der Waals surface area contributed by atoms with Crippen LogP contribution in [0.3, 0.4) is 0 Å². The van der Waals surface area contributed by atoms with Gasteiger partial charge < -0.3 is 20.3 Å². The molecule has 0 saturated heterocycles. The molecule has 0 spiro atoms. The molecule has 0 rings (SSSR count). The molecular weight excluding hydrogens is 923 g/mol. The number of ether oxygens (including phenoxy) is 1. The highest BCUT2D eigenvalue weighted by molar-refractivity contribution is 5.76. The van der Waals surface area contributed by atoms with E-state index in [1.165, 1.54) is 283 Å². The molecule has 0 aromatic rings. The number of amides is 1. The standard InChI is InChI=1S/C69H131NO5/c1-3-5-7-9-11-13-15-17-19-20-21-22-23-25-28-31-34-37-41-45-49-53-57-61-67(72)66(65-71)70-68(73)62-58-54-50-46-42-38-35-32-29-26-24-27-30-33-36-40-44-48-52-56-60-64-75-69(74)63-59-55-51-47-43-39-18-16-14-12-10-8-6-4-2/h10,12,16,18,26,29,66-67,71-72H,3-9,11,13-15,17,19-25,27-28,30-65H2,1-2H3,(H,70,73)/b12-10-,18-16-,29-26-. The first-order valence-corrected chi connectivity index (χ1v) is 33.7. The van der Waals surface area contributed by atoms with Gasteiger partial charge in [0.25, 0.3) is 0 Å². The molecule has 0 heterocycles. The van der Waals surface area contributed by atoms with E-state index in [4.69, 9.17) is 4.74 Å². The number of hydrogen-bond acceptors (Lipinski definition) is 5. The molecule has 442 valence electrons. The minimum atomic E-state index is -0.671. The van der Waals surface area contributed by atoms with Gasteiger partial charge in [0.15, 0.2) is 0 Å². The van der Waals surface area contributed by atoms with E-state index in [2.05, 4.69) is 55.6 Å². The van der Waals surface area contributed by atoms with Crippen LogP contribution in [0.1, 0.15) is 367 Å². The number of nitrogens with one attached hydrogen (secondary N) is 1. The molecule has 0 saturated carbocycles. The fourth-order valence-corrected chi connectivity index (χ4v) is 10.5. The Balaban J connectivity index is 3.43. The molecule has 75 heavy (non-hydrogen) atoms. The first-order valence-electron chi connectivity index (χ1n) is 33.7. The maximum atomic E-state index is 12.5. The van der Waals surface area contributed by atoms with E-state index in [1.54, 1.807) is 0 Å². The summed E-state index contributed by atoms with van der Waals surface area (Å²) in [5.41, 5.74) is 0. The average Bonchev–Trinajstić information content (AvgIpc) is 3.41. The molecule has 3 N–H and O–H groups in total. The van der Waals surface area contributed by atoms with Gasteiger partial charge in [0, 0.05) is 12.8 Å². The van der Waals surface area contributed by atoms with Crippen molar-refractivity contribution >= 4 is 11.9 Å².